The second-order valence-electron chi connectivity index (χ2n) is 10.1. The van der Waals surface area contributed by atoms with Crippen LogP contribution < -0.4 is 5.73 Å². The van der Waals surface area contributed by atoms with Crippen molar-refractivity contribution in [1.29, 1.82) is 0 Å². The van der Waals surface area contributed by atoms with Crippen molar-refractivity contribution in [3.8, 4) is 0 Å². The Bertz CT molecular complexity index is 1120. The fourth-order valence-corrected chi connectivity index (χ4v) is 5.92. The zero-order valence-corrected chi connectivity index (χ0v) is 22.2. The lowest BCUT2D eigenvalue weighted by molar-refractivity contribution is -0.192. The Balaban J connectivity index is 0.000000505. The van der Waals surface area contributed by atoms with Crippen LogP contribution in [0.5, 0.6) is 0 Å². The number of nitrogens with two attached hydrogens (primary N) is 1. The van der Waals surface area contributed by atoms with Gasteiger partial charge in [-0.2, -0.15) is 13.2 Å². The van der Waals surface area contributed by atoms with Gasteiger partial charge in [0.2, 0.25) is 5.91 Å². The Morgan fingerprint density at radius 1 is 1.11 bits per heavy atom. The maximum atomic E-state index is 13.1. The standard InChI is InChI=1S/C26H32N2O2S.C2HF3O2/c1-17(2)14-18(15-25(29)22(27)16-19-6-5-13-31-19)9-12-26(30)28-23-10-11-24(28)21-8-4-3-7-20(21)23;3-2(4,5)1(6)7/h3-9,12-13,17-18,22-24H,10-11,14-16,27H2,1-2H3;(H,6,7)/b12-9+;/t18-,22+,23-,24+;/m1./s1. The van der Waals surface area contributed by atoms with E-state index in [2.05, 4.69) is 38.1 Å². The summed E-state index contributed by atoms with van der Waals surface area (Å²) < 4.78 is 31.7. The number of rotatable bonds is 9. The molecule has 6 nitrogen and oxygen atoms in total. The van der Waals surface area contributed by atoms with Crippen molar-refractivity contribution >= 4 is 29.0 Å². The van der Waals surface area contributed by atoms with E-state index in [1.807, 2.05) is 28.5 Å². The molecule has 2 bridgehead atoms. The van der Waals surface area contributed by atoms with Crippen molar-refractivity contribution in [3.63, 3.8) is 0 Å². The molecule has 0 aliphatic carbocycles. The summed E-state index contributed by atoms with van der Waals surface area (Å²) in [6, 6.07) is 12.3. The van der Waals surface area contributed by atoms with Crippen molar-refractivity contribution in [1.82, 2.24) is 4.90 Å². The van der Waals surface area contributed by atoms with Gasteiger partial charge in [0.1, 0.15) is 5.78 Å². The molecule has 1 aromatic heterocycles. The van der Waals surface area contributed by atoms with Crippen LogP contribution in [-0.4, -0.2) is 39.9 Å². The summed E-state index contributed by atoms with van der Waals surface area (Å²) in [5.74, 6) is -2.14. The SMILES string of the molecule is CC(C)C[C@@H](/C=C/C(=O)N1[C@@H]2CC[C@H]1c1ccccc12)CC(=O)[C@@H](N)Cc1cccs1.O=C(O)C(F)(F)F. The van der Waals surface area contributed by atoms with Gasteiger partial charge >= 0.3 is 12.1 Å². The molecule has 2 aliphatic rings. The number of fused-ring (bicyclic) bond motifs is 5. The third-order valence-electron chi connectivity index (χ3n) is 6.76. The van der Waals surface area contributed by atoms with Crippen molar-refractivity contribution < 1.29 is 32.7 Å². The van der Waals surface area contributed by atoms with Crippen LogP contribution in [0.3, 0.4) is 0 Å². The third kappa shape index (κ3) is 7.54. The smallest absolute Gasteiger partial charge is 0.475 e. The molecule has 38 heavy (non-hydrogen) atoms. The van der Waals surface area contributed by atoms with Gasteiger partial charge in [-0.15, -0.1) is 11.3 Å². The Hall–Kier alpha value is -2.98. The number of hydrogen-bond donors (Lipinski definition) is 2. The fourth-order valence-electron chi connectivity index (χ4n) is 5.16. The van der Waals surface area contributed by atoms with Crippen LogP contribution in [0.2, 0.25) is 0 Å². The number of Topliss-reactive ketones (excluding diaryl/α,β-unsaturated/α-hetero) is 1. The van der Waals surface area contributed by atoms with Crippen LogP contribution in [-0.2, 0) is 20.8 Å². The summed E-state index contributed by atoms with van der Waals surface area (Å²) in [6.45, 7) is 4.30. The van der Waals surface area contributed by atoms with E-state index in [0.717, 1.165) is 24.1 Å². The van der Waals surface area contributed by atoms with Crippen LogP contribution in [0.15, 0.2) is 53.9 Å². The largest absolute Gasteiger partial charge is 0.490 e. The Morgan fingerprint density at radius 3 is 2.16 bits per heavy atom. The van der Waals surface area contributed by atoms with Gasteiger partial charge in [-0.3, -0.25) is 9.59 Å². The minimum Gasteiger partial charge on any atom is -0.475 e. The van der Waals surface area contributed by atoms with Gasteiger partial charge in [0, 0.05) is 17.7 Å². The Kier molecular flexibility index (Phi) is 9.89. The van der Waals surface area contributed by atoms with E-state index in [1.54, 1.807) is 17.4 Å². The molecule has 0 radical (unpaired) electrons. The number of allylic oxidation sites excluding steroid dienone is 1. The lowest BCUT2D eigenvalue weighted by Crippen LogP contribution is -2.33. The van der Waals surface area contributed by atoms with Gasteiger partial charge in [0.15, 0.2) is 0 Å². The highest BCUT2D eigenvalue weighted by molar-refractivity contribution is 7.09. The van der Waals surface area contributed by atoms with Gasteiger partial charge in [-0.05, 0) is 59.7 Å². The predicted molar refractivity (Wildman–Crippen MR) is 139 cm³/mol. The number of carboxylic acid groups (broad SMARTS) is 1. The monoisotopic (exact) mass is 550 g/mol. The molecular formula is C28H33F3N2O4S. The first kappa shape index (κ1) is 29.6. The van der Waals surface area contributed by atoms with E-state index in [1.165, 1.54) is 11.1 Å². The molecule has 1 saturated heterocycles. The first-order chi connectivity index (χ1) is 17.9. The minimum atomic E-state index is -5.08. The minimum absolute atomic E-state index is 0.0356. The van der Waals surface area contributed by atoms with Crippen LogP contribution in [0.1, 0.15) is 67.6 Å². The number of nitrogens with zero attached hydrogens (tertiary/aromatic N) is 1. The van der Waals surface area contributed by atoms with Crippen molar-refractivity contribution in [3.05, 3.63) is 69.9 Å². The normalized spacial score (nSPS) is 19.7. The number of carbonyl (C=O) groups is 3. The van der Waals surface area contributed by atoms with Crippen molar-refractivity contribution in [2.75, 3.05) is 0 Å². The number of aliphatic carboxylic acids is 1. The number of benzene rings is 1. The van der Waals surface area contributed by atoms with Gasteiger partial charge in [-0.1, -0.05) is 50.3 Å². The highest BCUT2D eigenvalue weighted by Crippen LogP contribution is 2.52. The summed E-state index contributed by atoms with van der Waals surface area (Å²) in [7, 11) is 0. The number of hydrogen-bond acceptors (Lipinski definition) is 5. The first-order valence-electron chi connectivity index (χ1n) is 12.6. The molecule has 3 heterocycles. The molecule has 1 amide bonds. The van der Waals surface area contributed by atoms with Crippen molar-refractivity contribution in [2.24, 2.45) is 17.6 Å². The summed E-state index contributed by atoms with van der Waals surface area (Å²) in [5.41, 5.74) is 8.79. The molecule has 2 aliphatic heterocycles. The second kappa shape index (κ2) is 12.7. The number of thiophene rings is 1. The number of amides is 1. The molecule has 206 valence electrons. The lowest BCUT2D eigenvalue weighted by Gasteiger charge is -2.22. The van der Waals surface area contributed by atoms with Crippen LogP contribution in [0.4, 0.5) is 13.2 Å². The number of carbonyl (C=O) groups excluding carboxylic acids is 2. The lowest BCUT2D eigenvalue weighted by atomic mass is 9.89. The third-order valence-corrected chi connectivity index (χ3v) is 7.66. The van der Waals surface area contributed by atoms with Gasteiger partial charge in [0.05, 0.1) is 18.1 Å². The molecular weight excluding hydrogens is 517 g/mol. The topological polar surface area (TPSA) is 101 Å². The van der Waals surface area contributed by atoms with E-state index >= 15 is 0 Å². The summed E-state index contributed by atoms with van der Waals surface area (Å²) in [4.78, 5) is 38.0. The fraction of sp³-hybridized carbons (Fsp3) is 0.464. The van der Waals surface area contributed by atoms with E-state index in [9.17, 15) is 22.8 Å². The zero-order valence-electron chi connectivity index (χ0n) is 21.4. The number of ketones is 1. The van der Waals surface area contributed by atoms with Crippen LogP contribution in [0.25, 0.3) is 0 Å². The average Bonchev–Trinajstić information content (AvgIpc) is 3.58. The van der Waals surface area contributed by atoms with Crippen LogP contribution >= 0.6 is 11.3 Å². The summed E-state index contributed by atoms with van der Waals surface area (Å²) in [5, 5.41) is 9.13. The number of alkyl halides is 3. The van der Waals surface area contributed by atoms with Gasteiger partial charge in [0.25, 0.3) is 0 Å². The molecule has 2 aromatic rings. The summed E-state index contributed by atoms with van der Waals surface area (Å²) >= 11 is 1.63. The zero-order chi connectivity index (χ0) is 28.0. The highest BCUT2D eigenvalue weighted by Gasteiger charge is 2.45. The van der Waals surface area contributed by atoms with Crippen LogP contribution in [0, 0.1) is 11.8 Å². The molecule has 4 rings (SSSR count). The predicted octanol–water partition coefficient (Wildman–Crippen LogP) is 5.85. The molecule has 0 unspecified atom stereocenters. The van der Waals surface area contributed by atoms with E-state index in [4.69, 9.17) is 15.6 Å². The summed E-state index contributed by atoms with van der Waals surface area (Å²) in [6.07, 6.45) is 2.50. The van der Waals surface area contributed by atoms with E-state index in [-0.39, 0.29) is 29.7 Å². The van der Waals surface area contributed by atoms with Gasteiger partial charge in [-0.25, -0.2) is 4.79 Å². The number of carboxylic acids is 1. The highest BCUT2D eigenvalue weighted by atomic mass is 32.1. The van der Waals surface area contributed by atoms with Gasteiger partial charge < -0.3 is 15.7 Å². The second-order valence-corrected chi connectivity index (χ2v) is 11.1. The molecule has 10 heteroatoms. The maximum absolute atomic E-state index is 13.1. The molecule has 1 aromatic carbocycles. The number of halogens is 3. The molecule has 1 fully saturated rings. The molecule has 0 saturated carbocycles. The maximum Gasteiger partial charge on any atom is 0.490 e. The van der Waals surface area contributed by atoms with E-state index < -0.39 is 18.2 Å². The first-order valence-corrected chi connectivity index (χ1v) is 13.5. The Morgan fingerprint density at radius 2 is 1.68 bits per heavy atom. The quantitative estimate of drug-likeness (QED) is 0.382. The molecule has 0 spiro atoms. The van der Waals surface area contributed by atoms with Crippen molar-refractivity contribution in [2.45, 2.75) is 70.3 Å². The Labute approximate surface area is 224 Å². The average molecular weight is 551 g/mol. The molecule has 4 atom stereocenters. The molecule has 3 N–H and O–H groups in total. The van der Waals surface area contributed by atoms with E-state index in [0.29, 0.717) is 18.8 Å².